The molecule has 0 unspecified atom stereocenters. The third-order valence-corrected chi connectivity index (χ3v) is 2.08. The first kappa shape index (κ1) is 13.5. The largest absolute Gasteiger partial charge is 0.491 e. The van der Waals surface area contributed by atoms with E-state index in [4.69, 9.17) is 15.2 Å². The van der Waals surface area contributed by atoms with Crippen molar-refractivity contribution in [3.8, 4) is 5.75 Å². The van der Waals surface area contributed by atoms with Gasteiger partial charge >= 0.3 is 0 Å². The first-order valence-electron chi connectivity index (χ1n) is 5.48. The monoisotopic (exact) mass is 238 g/mol. The number of hydrogen-bond acceptors (Lipinski definition) is 4. The molecule has 0 saturated heterocycles. The van der Waals surface area contributed by atoms with Crippen molar-refractivity contribution < 1.29 is 14.3 Å². The van der Waals surface area contributed by atoms with Crippen LogP contribution in [-0.4, -0.2) is 39.3 Å². The minimum atomic E-state index is -0.146. The zero-order valence-electron chi connectivity index (χ0n) is 9.94. The highest BCUT2D eigenvalue weighted by Crippen LogP contribution is 2.13. The predicted octanol–water partition coefficient (Wildman–Crippen LogP) is 0.400. The van der Waals surface area contributed by atoms with E-state index >= 15 is 0 Å². The molecular weight excluding hydrogens is 220 g/mol. The molecule has 0 radical (unpaired) electrons. The average molecular weight is 238 g/mol. The Balaban J connectivity index is 2.55. The fourth-order valence-corrected chi connectivity index (χ4v) is 1.26. The third kappa shape index (κ3) is 4.84. The Hall–Kier alpha value is -1.59. The van der Waals surface area contributed by atoms with Gasteiger partial charge in [0.1, 0.15) is 12.4 Å². The second kappa shape index (κ2) is 7.65. The van der Waals surface area contributed by atoms with Crippen molar-refractivity contribution in [3.63, 3.8) is 0 Å². The van der Waals surface area contributed by atoms with Crippen molar-refractivity contribution >= 4 is 5.91 Å². The Morgan fingerprint density at radius 1 is 1.41 bits per heavy atom. The van der Waals surface area contributed by atoms with Crippen molar-refractivity contribution in [2.75, 3.05) is 33.4 Å². The van der Waals surface area contributed by atoms with Crippen LogP contribution in [0.25, 0.3) is 0 Å². The Morgan fingerprint density at radius 2 is 2.24 bits per heavy atom. The molecule has 17 heavy (non-hydrogen) atoms. The van der Waals surface area contributed by atoms with E-state index in [0.717, 1.165) is 0 Å². The lowest BCUT2D eigenvalue weighted by Crippen LogP contribution is -2.28. The quantitative estimate of drug-likeness (QED) is 0.674. The summed E-state index contributed by atoms with van der Waals surface area (Å²) in [6.07, 6.45) is 0. The maximum atomic E-state index is 11.6. The van der Waals surface area contributed by atoms with E-state index in [0.29, 0.717) is 37.6 Å². The summed E-state index contributed by atoms with van der Waals surface area (Å²) in [6.45, 7) is 1.87. The normalized spacial score (nSPS) is 10.0. The van der Waals surface area contributed by atoms with Gasteiger partial charge in [-0.15, -0.1) is 0 Å². The SMILES string of the molecule is COCCOc1cccc(C(=O)NCCN)c1. The molecule has 0 saturated carbocycles. The Bertz CT molecular complexity index is 355. The second-order valence-corrected chi connectivity index (χ2v) is 3.41. The van der Waals surface area contributed by atoms with Gasteiger partial charge in [0.05, 0.1) is 6.61 Å². The number of amides is 1. The smallest absolute Gasteiger partial charge is 0.251 e. The van der Waals surface area contributed by atoms with E-state index in [2.05, 4.69) is 5.32 Å². The molecular formula is C12H18N2O3. The lowest BCUT2D eigenvalue weighted by Gasteiger charge is -2.07. The Morgan fingerprint density at radius 3 is 2.94 bits per heavy atom. The molecule has 1 amide bonds. The van der Waals surface area contributed by atoms with Crippen molar-refractivity contribution in [1.82, 2.24) is 5.32 Å². The highest BCUT2D eigenvalue weighted by Gasteiger charge is 2.05. The van der Waals surface area contributed by atoms with Crippen LogP contribution in [0, 0.1) is 0 Å². The van der Waals surface area contributed by atoms with Crippen LogP contribution in [0.15, 0.2) is 24.3 Å². The number of ether oxygens (including phenoxy) is 2. The molecule has 0 atom stereocenters. The zero-order chi connectivity index (χ0) is 12.5. The van der Waals surface area contributed by atoms with E-state index in [1.807, 2.05) is 0 Å². The fraction of sp³-hybridized carbons (Fsp3) is 0.417. The summed E-state index contributed by atoms with van der Waals surface area (Å²) in [4.78, 5) is 11.6. The molecule has 0 aliphatic carbocycles. The van der Waals surface area contributed by atoms with Crippen molar-refractivity contribution in [2.24, 2.45) is 5.73 Å². The summed E-state index contributed by atoms with van der Waals surface area (Å²) in [5.41, 5.74) is 5.88. The van der Waals surface area contributed by atoms with Crippen LogP contribution in [0.2, 0.25) is 0 Å². The lowest BCUT2D eigenvalue weighted by atomic mass is 10.2. The van der Waals surface area contributed by atoms with Crippen LogP contribution >= 0.6 is 0 Å². The van der Waals surface area contributed by atoms with E-state index in [9.17, 15) is 4.79 Å². The van der Waals surface area contributed by atoms with Crippen LogP contribution in [0.4, 0.5) is 0 Å². The lowest BCUT2D eigenvalue weighted by molar-refractivity contribution is 0.0954. The molecule has 94 valence electrons. The van der Waals surface area contributed by atoms with Crippen LogP contribution in [0.3, 0.4) is 0 Å². The molecule has 1 aromatic carbocycles. The van der Waals surface area contributed by atoms with Gasteiger partial charge in [0.15, 0.2) is 0 Å². The predicted molar refractivity (Wildman–Crippen MR) is 65.2 cm³/mol. The molecule has 0 fully saturated rings. The molecule has 0 aliphatic rings. The molecule has 1 aromatic rings. The average Bonchev–Trinajstić information content (AvgIpc) is 2.36. The number of nitrogens with two attached hydrogens (primary N) is 1. The van der Waals surface area contributed by atoms with E-state index < -0.39 is 0 Å². The molecule has 0 aromatic heterocycles. The van der Waals surface area contributed by atoms with E-state index in [1.54, 1.807) is 31.4 Å². The second-order valence-electron chi connectivity index (χ2n) is 3.41. The van der Waals surface area contributed by atoms with Gasteiger partial charge in [0, 0.05) is 25.8 Å². The molecule has 0 spiro atoms. The van der Waals surface area contributed by atoms with Gasteiger partial charge in [0.25, 0.3) is 5.91 Å². The zero-order valence-corrected chi connectivity index (χ0v) is 9.94. The van der Waals surface area contributed by atoms with Gasteiger partial charge in [-0.1, -0.05) is 6.07 Å². The summed E-state index contributed by atoms with van der Waals surface area (Å²) in [5.74, 6) is 0.509. The van der Waals surface area contributed by atoms with Crippen LogP contribution in [0.5, 0.6) is 5.75 Å². The van der Waals surface area contributed by atoms with Crippen LogP contribution in [-0.2, 0) is 4.74 Å². The van der Waals surface area contributed by atoms with Crippen LogP contribution < -0.4 is 15.8 Å². The van der Waals surface area contributed by atoms with Gasteiger partial charge in [-0.05, 0) is 18.2 Å². The maximum Gasteiger partial charge on any atom is 0.251 e. The number of benzene rings is 1. The summed E-state index contributed by atoms with van der Waals surface area (Å²) in [5, 5.41) is 2.70. The third-order valence-electron chi connectivity index (χ3n) is 2.08. The molecule has 5 heteroatoms. The molecule has 0 bridgehead atoms. The highest BCUT2D eigenvalue weighted by molar-refractivity contribution is 5.94. The Labute approximate surface area is 101 Å². The topological polar surface area (TPSA) is 73.6 Å². The van der Waals surface area contributed by atoms with Crippen molar-refractivity contribution in [1.29, 1.82) is 0 Å². The summed E-state index contributed by atoms with van der Waals surface area (Å²) in [7, 11) is 1.61. The number of rotatable bonds is 7. The fourth-order valence-electron chi connectivity index (χ4n) is 1.26. The van der Waals surface area contributed by atoms with E-state index in [1.165, 1.54) is 0 Å². The van der Waals surface area contributed by atoms with Gasteiger partial charge in [0.2, 0.25) is 0 Å². The van der Waals surface area contributed by atoms with Gasteiger partial charge in [-0.2, -0.15) is 0 Å². The highest BCUT2D eigenvalue weighted by atomic mass is 16.5. The summed E-state index contributed by atoms with van der Waals surface area (Å²) >= 11 is 0. The number of carbonyl (C=O) groups is 1. The first-order chi connectivity index (χ1) is 8.27. The van der Waals surface area contributed by atoms with Gasteiger partial charge in [-0.25, -0.2) is 0 Å². The van der Waals surface area contributed by atoms with Gasteiger partial charge in [-0.3, -0.25) is 4.79 Å². The standard InChI is InChI=1S/C12H18N2O3/c1-16-7-8-17-11-4-2-3-10(9-11)12(15)14-6-5-13/h2-4,9H,5-8,13H2,1H3,(H,14,15). The summed E-state index contributed by atoms with van der Waals surface area (Å²) in [6, 6.07) is 7.01. The maximum absolute atomic E-state index is 11.6. The first-order valence-corrected chi connectivity index (χ1v) is 5.48. The molecule has 3 N–H and O–H groups in total. The number of hydrogen-bond donors (Lipinski definition) is 2. The molecule has 1 rings (SSSR count). The molecule has 0 aliphatic heterocycles. The molecule has 0 heterocycles. The molecule has 5 nitrogen and oxygen atoms in total. The minimum Gasteiger partial charge on any atom is -0.491 e. The van der Waals surface area contributed by atoms with Gasteiger partial charge < -0.3 is 20.5 Å². The van der Waals surface area contributed by atoms with Crippen LogP contribution in [0.1, 0.15) is 10.4 Å². The number of nitrogens with one attached hydrogen (secondary N) is 1. The minimum absolute atomic E-state index is 0.146. The van der Waals surface area contributed by atoms with E-state index in [-0.39, 0.29) is 5.91 Å². The number of methoxy groups -OCH3 is 1. The Kier molecular flexibility index (Phi) is 6.06. The van der Waals surface area contributed by atoms with Crippen molar-refractivity contribution in [2.45, 2.75) is 0 Å². The van der Waals surface area contributed by atoms with Crippen molar-refractivity contribution in [3.05, 3.63) is 29.8 Å². The number of carbonyl (C=O) groups excluding carboxylic acids is 1. The summed E-state index contributed by atoms with van der Waals surface area (Å²) < 4.78 is 10.3.